The molecule has 8 nitrogen and oxygen atoms in total. The van der Waals surface area contributed by atoms with Gasteiger partial charge in [0, 0.05) is 62.7 Å². The molecular formula is C35H37ClF6N4O4S. The van der Waals surface area contributed by atoms with Crippen molar-refractivity contribution in [1.29, 1.82) is 0 Å². The van der Waals surface area contributed by atoms with E-state index in [1.807, 2.05) is 6.07 Å². The molecule has 0 aliphatic carbocycles. The van der Waals surface area contributed by atoms with Crippen molar-refractivity contribution in [2.24, 2.45) is 0 Å². The third-order valence-electron chi connectivity index (χ3n) is 9.37. The Morgan fingerprint density at radius 1 is 1.04 bits per heavy atom. The number of amides is 3. The highest BCUT2D eigenvalue weighted by atomic mass is 35.5. The Labute approximate surface area is 300 Å². The van der Waals surface area contributed by atoms with Gasteiger partial charge < -0.3 is 19.4 Å². The fourth-order valence-corrected chi connectivity index (χ4v) is 7.88. The molecule has 16 heteroatoms. The van der Waals surface area contributed by atoms with Gasteiger partial charge in [0.05, 0.1) is 17.6 Å². The van der Waals surface area contributed by atoms with E-state index in [0.29, 0.717) is 34.8 Å². The number of pyridine rings is 1. The highest BCUT2D eigenvalue weighted by Gasteiger charge is 2.57. The van der Waals surface area contributed by atoms with Gasteiger partial charge in [0.25, 0.3) is 11.8 Å². The molecule has 1 saturated heterocycles. The summed E-state index contributed by atoms with van der Waals surface area (Å²) in [4.78, 5) is 49.1. The summed E-state index contributed by atoms with van der Waals surface area (Å²) in [7, 11) is 3.20. The van der Waals surface area contributed by atoms with Gasteiger partial charge in [-0.15, -0.1) is 11.3 Å². The van der Waals surface area contributed by atoms with E-state index in [4.69, 9.17) is 16.3 Å². The second-order valence-electron chi connectivity index (χ2n) is 12.9. The van der Waals surface area contributed by atoms with Gasteiger partial charge in [-0.2, -0.15) is 26.3 Å². The van der Waals surface area contributed by atoms with Crippen molar-refractivity contribution < 1.29 is 45.5 Å². The Balaban J connectivity index is 1.65. The summed E-state index contributed by atoms with van der Waals surface area (Å²) < 4.78 is 89.8. The van der Waals surface area contributed by atoms with Crippen LogP contribution >= 0.6 is 22.9 Å². The van der Waals surface area contributed by atoms with Crippen LogP contribution in [0, 0.1) is 0 Å². The molecule has 3 atom stereocenters. The monoisotopic (exact) mass is 758 g/mol. The largest absolute Gasteiger partial charge is 0.474 e. The molecule has 51 heavy (non-hydrogen) atoms. The molecule has 4 heterocycles. The molecule has 2 aliphatic heterocycles. The zero-order chi connectivity index (χ0) is 37.3. The zero-order valence-electron chi connectivity index (χ0n) is 28.1. The number of fused-ring (bicyclic) bond motifs is 1. The number of piperidine rings is 1. The average molecular weight is 759 g/mol. The first-order valence-corrected chi connectivity index (χ1v) is 17.7. The fraction of sp³-hybridized carbons (Fsp3) is 0.486. The van der Waals surface area contributed by atoms with E-state index >= 15 is 4.79 Å². The third-order valence-corrected chi connectivity index (χ3v) is 10.6. The molecule has 1 aromatic carbocycles. The van der Waals surface area contributed by atoms with E-state index in [0.717, 1.165) is 40.2 Å². The summed E-state index contributed by atoms with van der Waals surface area (Å²) >= 11 is 6.78. The number of benzene rings is 1. The molecule has 2 aromatic heterocycles. The zero-order valence-corrected chi connectivity index (χ0v) is 29.7. The Kier molecular flexibility index (Phi) is 11.3. The van der Waals surface area contributed by atoms with Crippen molar-refractivity contribution in [2.75, 3.05) is 27.2 Å². The molecule has 0 radical (unpaired) electrons. The number of aromatic nitrogens is 1. The first-order valence-electron chi connectivity index (χ1n) is 16.5. The maximum absolute atomic E-state index is 15.3. The van der Waals surface area contributed by atoms with Crippen LogP contribution in [0.5, 0.6) is 5.75 Å². The molecule has 276 valence electrons. The predicted molar refractivity (Wildman–Crippen MR) is 178 cm³/mol. The highest BCUT2D eigenvalue weighted by molar-refractivity contribution is 7.10. The summed E-state index contributed by atoms with van der Waals surface area (Å²) in [5, 5.41) is 1.52. The number of rotatable bonds is 9. The van der Waals surface area contributed by atoms with Crippen LogP contribution in [0.15, 0.2) is 48.0 Å². The van der Waals surface area contributed by atoms with Crippen molar-refractivity contribution in [3.63, 3.8) is 0 Å². The molecule has 0 bridgehead atoms. The van der Waals surface area contributed by atoms with E-state index in [9.17, 15) is 35.9 Å². The topological polar surface area (TPSA) is 83.0 Å². The summed E-state index contributed by atoms with van der Waals surface area (Å²) in [6.45, 7) is 1.85. The number of hydrogen-bond donors (Lipinski definition) is 0. The van der Waals surface area contributed by atoms with Crippen LogP contribution in [0.1, 0.15) is 83.5 Å². The Morgan fingerprint density at radius 3 is 2.43 bits per heavy atom. The van der Waals surface area contributed by atoms with Crippen LogP contribution < -0.4 is 4.74 Å². The first-order chi connectivity index (χ1) is 24.0. The minimum Gasteiger partial charge on any atom is -0.474 e. The number of carbonyl (C=O) groups excluding carboxylic acids is 3. The van der Waals surface area contributed by atoms with Gasteiger partial charge in [-0.25, -0.2) is 0 Å². The number of carbonyl (C=O) groups is 3. The number of ether oxygens (including phenoxy) is 1. The number of likely N-dealkylation sites (tertiary alicyclic amines) is 1. The quantitative estimate of drug-likeness (QED) is 0.207. The molecule has 3 amide bonds. The van der Waals surface area contributed by atoms with Crippen LogP contribution in [-0.2, 0) is 28.4 Å². The minimum absolute atomic E-state index is 0.0453. The van der Waals surface area contributed by atoms with Crippen molar-refractivity contribution in [3.8, 4) is 5.75 Å². The predicted octanol–water partition coefficient (Wildman–Crippen LogP) is 8.05. The molecule has 2 aliphatic rings. The van der Waals surface area contributed by atoms with Crippen LogP contribution in [-0.4, -0.2) is 76.2 Å². The van der Waals surface area contributed by atoms with Crippen molar-refractivity contribution in [1.82, 2.24) is 19.7 Å². The maximum atomic E-state index is 15.3. The summed E-state index contributed by atoms with van der Waals surface area (Å²) in [5.41, 5.74) is -2.53. The molecule has 0 spiro atoms. The molecule has 5 rings (SSSR count). The number of nitrogens with zero attached hydrogens (tertiary/aromatic N) is 4. The third kappa shape index (κ3) is 7.98. The van der Waals surface area contributed by atoms with E-state index in [1.54, 1.807) is 33.2 Å². The molecule has 3 aromatic rings. The number of hydrogen-bond acceptors (Lipinski definition) is 6. The summed E-state index contributed by atoms with van der Waals surface area (Å²) in [5.74, 6) is -2.19. The fourth-order valence-electron chi connectivity index (χ4n) is 7.03. The minimum atomic E-state index is -4.91. The maximum Gasteiger partial charge on any atom is 0.425 e. The molecule has 0 N–H and O–H groups in total. The van der Waals surface area contributed by atoms with Crippen LogP contribution in [0.25, 0.3) is 0 Å². The van der Waals surface area contributed by atoms with Crippen LogP contribution in [0.2, 0.25) is 5.02 Å². The Morgan fingerprint density at radius 2 is 1.78 bits per heavy atom. The van der Waals surface area contributed by atoms with Gasteiger partial charge in [-0.3, -0.25) is 19.4 Å². The standard InChI is InChI=1S/C35H37ClF6N4O4S/c1-4-7-27-33(50-23-19-28(51-20-23)35(40,41)42,14-6-16-46(27)31(48)30-25(34(37,38)39)8-5-15-43-30)32(49)45-17-13-21-9-10-22(36)18-24(21)26(45)11-12-29(47)44(2)3/h5,8-10,15,18-20,26-27H,4,6-7,11-14,16-17H2,1-3H3/t26-,27+,33-/m0/s1. The molecule has 1 fully saturated rings. The van der Waals surface area contributed by atoms with Crippen LogP contribution in [0.4, 0.5) is 26.3 Å². The Hall–Kier alpha value is -3.85. The summed E-state index contributed by atoms with van der Waals surface area (Å²) in [6.07, 6.45) is -7.49. The molecule has 0 unspecified atom stereocenters. The van der Waals surface area contributed by atoms with Gasteiger partial charge >= 0.3 is 12.4 Å². The smallest absolute Gasteiger partial charge is 0.425 e. The van der Waals surface area contributed by atoms with Gasteiger partial charge in [0.2, 0.25) is 11.5 Å². The van der Waals surface area contributed by atoms with Crippen molar-refractivity contribution >= 4 is 40.7 Å². The van der Waals surface area contributed by atoms with Crippen LogP contribution in [0.3, 0.4) is 0 Å². The number of alkyl halides is 6. The van der Waals surface area contributed by atoms with Gasteiger partial charge in [-0.1, -0.05) is 31.0 Å². The van der Waals surface area contributed by atoms with Crippen molar-refractivity contribution in [3.05, 3.63) is 80.3 Å². The van der Waals surface area contributed by atoms with Gasteiger partial charge in [0.1, 0.15) is 16.3 Å². The lowest BCUT2D eigenvalue weighted by molar-refractivity contribution is -0.163. The first kappa shape index (κ1) is 38.4. The van der Waals surface area contributed by atoms with Gasteiger partial charge in [-0.05, 0) is 61.1 Å². The lowest BCUT2D eigenvalue weighted by Gasteiger charge is -2.51. The number of halogens is 7. The van der Waals surface area contributed by atoms with Gasteiger partial charge in [0.15, 0.2) is 0 Å². The highest BCUT2D eigenvalue weighted by Crippen LogP contribution is 2.45. The molecular weight excluding hydrogens is 722 g/mol. The Bertz CT molecular complexity index is 1770. The summed E-state index contributed by atoms with van der Waals surface area (Å²) in [6, 6.07) is 5.94. The van der Waals surface area contributed by atoms with E-state index in [2.05, 4.69) is 4.98 Å². The second-order valence-corrected chi connectivity index (χ2v) is 14.2. The van der Waals surface area contributed by atoms with E-state index in [1.165, 1.54) is 9.80 Å². The molecule has 0 saturated carbocycles. The van der Waals surface area contributed by atoms with E-state index in [-0.39, 0.29) is 56.9 Å². The second kappa shape index (κ2) is 15.0. The normalized spacial score (nSPS) is 20.9. The van der Waals surface area contributed by atoms with Crippen molar-refractivity contribution in [2.45, 2.75) is 81.9 Å². The lowest BCUT2D eigenvalue weighted by atomic mass is 9.78. The number of thiophene rings is 1. The lowest BCUT2D eigenvalue weighted by Crippen LogP contribution is -2.68. The van der Waals surface area contributed by atoms with E-state index < -0.39 is 58.0 Å². The average Bonchev–Trinajstić information content (AvgIpc) is 3.56. The SMILES string of the molecule is CCC[C@H]1N(C(=O)c2ncccc2C(F)(F)F)CCC[C@@]1(Oc1csc(C(F)(F)F)c1)C(=O)N1CCc2ccc(Cl)cc2[C@@H]1CCC(=O)N(C)C.